The Hall–Kier alpha value is -1.88. The van der Waals surface area contributed by atoms with E-state index in [9.17, 15) is 9.59 Å². The first-order chi connectivity index (χ1) is 8.65. The fraction of sp³-hybridized carbons (Fsp3) is 0.385. The van der Waals surface area contributed by atoms with Gasteiger partial charge in [0.2, 0.25) is 0 Å². The average molecular weight is 251 g/mol. The number of hydrogen-bond donors (Lipinski definition) is 1. The Balaban J connectivity index is 2.35. The van der Waals surface area contributed by atoms with E-state index >= 15 is 0 Å². The summed E-state index contributed by atoms with van der Waals surface area (Å²) >= 11 is 0. The lowest BCUT2D eigenvalue weighted by Crippen LogP contribution is -2.38. The molecule has 1 aromatic rings. The van der Waals surface area contributed by atoms with E-state index in [1.807, 2.05) is 6.92 Å². The maximum atomic E-state index is 11.5. The highest BCUT2D eigenvalue weighted by molar-refractivity contribution is 5.78. The van der Waals surface area contributed by atoms with Crippen LogP contribution in [0.25, 0.3) is 0 Å². The summed E-state index contributed by atoms with van der Waals surface area (Å²) in [6.45, 7) is 2.24. The number of rotatable bonds is 7. The lowest BCUT2D eigenvalue weighted by Gasteiger charge is -2.13. The highest BCUT2D eigenvalue weighted by atomic mass is 16.5. The van der Waals surface area contributed by atoms with Crippen LogP contribution in [0, 0.1) is 0 Å². The number of hydrogen-bond acceptors (Lipinski definition) is 4. The van der Waals surface area contributed by atoms with Crippen LogP contribution in [0.15, 0.2) is 24.3 Å². The summed E-state index contributed by atoms with van der Waals surface area (Å²) in [6, 6.07) is 6.51. The third kappa shape index (κ3) is 4.97. The van der Waals surface area contributed by atoms with Gasteiger partial charge in [0.1, 0.15) is 12.0 Å². The van der Waals surface area contributed by atoms with Gasteiger partial charge in [-0.05, 0) is 31.2 Å². The largest absolute Gasteiger partial charge is 0.484 e. The van der Waals surface area contributed by atoms with Crippen LogP contribution in [-0.4, -0.2) is 38.6 Å². The van der Waals surface area contributed by atoms with E-state index in [2.05, 4.69) is 5.32 Å². The number of amides is 1. The van der Waals surface area contributed by atoms with E-state index in [1.165, 1.54) is 0 Å². The van der Waals surface area contributed by atoms with Crippen molar-refractivity contribution < 1.29 is 19.1 Å². The van der Waals surface area contributed by atoms with Crippen LogP contribution in [0.1, 0.15) is 17.3 Å². The Morgan fingerprint density at radius 2 is 2.06 bits per heavy atom. The molecule has 0 fully saturated rings. The van der Waals surface area contributed by atoms with Gasteiger partial charge >= 0.3 is 0 Å². The number of methoxy groups -OCH3 is 1. The van der Waals surface area contributed by atoms with Crippen molar-refractivity contribution in [3.63, 3.8) is 0 Å². The fourth-order valence-electron chi connectivity index (χ4n) is 1.40. The first-order valence-corrected chi connectivity index (χ1v) is 5.62. The molecule has 1 amide bonds. The van der Waals surface area contributed by atoms with Crippen molar-refractivity contribution in [1.29, 1.82) is 0 Å². The van der Waals surface area contributed by atoms with Gasteiger partial charge in [-0.25, -0.2) is 0 Å². The van der Waals surface area contributed by atoms with Crippen LogP contribution in [0.5, 0.6) is 5.75 Å². The quantitative estimate of drug-likeness (QED) is 0.735. The molecule has 0 spiro atoms. The number of aldehydes is 1. The van der Waals surface area contributed by atoms with E-state index < -0.39 is 0 Å². The van der Waals surface area contributed by atoms with Crippen LogP contribution in [0.3, 0.4) is 0 Å². The molecule has 0 heterocycles. The Bertz CT molecular complexity index is 388. The molecule has 98 valence electrons. The maximum absolute atomic E-state index is 11.5. The molecule has 1 atom stereocenters. The number of carbonyl (C=O) groups is 2. The zero-order valence-electron chi connectivity index (χ0n) is 10.5. The predicted octanol–water partition coefficient (Wildman–Crippen LogP) is 1.03. The van der Waals surface area contributed by atoms with Gasteiger partial charge in [-0.3, -0.25) is 9.59 Å². The average Bonchev–Trinajstić information content (AvgIpc) is 2.37. The molecule has 5 nitrogen and oxygen atoms in total. The minimum absolute atomic E-state index is 0.0523. The number of nitrogens with one attached hydrogen (secondary N) is 1. The molecular formula is C13H17NO4. The Morgan fingerprint density at radius 1 is 1.39 bits per heavy atom. The maximum Gasteiger partial charge on any atom is 0.258 e. The molecule has 1 aromatic carbocycles. The Kier molecular flexibility index (Phi) is 5.87. The molecule has 0 saturated heterocycles. The Morgan fingerprint density at radius 3 is 2.61 bits per heavy atom. The van der Waals surface area contributed by atoms with Gasteiger partial charge in [0.25, 0.3) is 5.91 Å². The van der Waals surface area contributed by atoms with Crippen molar-refractivity contribution >= 4 is 12.2 Å². The van der Waals surface area contributed by atoms with Gasteiger partial charge in [0.05, 0.1) is 6.61 Å². The van der Waals surface area contributed by atoms with Crippen molar-refractivity contribution in [3.8, 4) is 5.75 Å². The minimum Gasteiger partial charge on any atom is -0.484 e. The second kappa shape index (κ2) is 7.45. The zero-order chi connectivity index (χ0) is 13.4. The highest BCUT2D eigenvalue weighted by Gasteiger charge is 2.07. The smallest absolute Gasteiger partial charge is 0.258 e. The molecule has 0 aliphatic heterocycles. The lowest BCUT2D eigenvalue weighted by atomic mass is 10.2. The van der Waals surface area contributed by atoms with Crippen molar-refractivity contribution in [2.75, 3.05) is 20.3 Å². The summed E-state index contributed by atoms with van der Waals surface area (Å²) in [4.78, 5) is 21.9. The zero-order valence-corrected chi connectivity index (χ0v) is 10.5. The van der Waals surface area contributed by atoms with Crippen LogP contribution in [0.4, 0.5) is 0 Å². The summed E-state index contributed by atoms with van der Waals surface area (Å²) in [6.07, 6.45) is 0.753. The van der Waals surface area contributed by atoms with Crippen molar-refractivity contribution in [1.82, 2.24) is 5.32 Å². The van der Waals surface area contributed by atoms with E-state index in [4.69, 9.17) is 9.47 Å². The molecule has 0 bridgehead atoms. The van der Waals surface area contributed by atoms with Crippen molar-refractivity contribution in [2.45, 2.75) is 13.0 Å². The third-order valence-electron chi connectivity index (χ3n) is 2.21. The number of carbonyl (C=O) groups excluding carboxylic acids is 2. The molecule has 0 radical (unpaired) electrons. The third-order valence-corrected chi connectivity index (χ3v) is 2.21. The lowest BCUT2D eigenvalue weighted by molar-refractivity contribution is -0.124. The van der Waals surface area contributed by atoms with Gasteiger partial charge in [0, 0.05) is 18.7 Å². The first kappa shape index (κ1) is 14.2. The molecule has 5 heteroatoms. The molecule has 18 heavy (non-hydrogen) atoms. The van der Waals surface area contributed by atoms with Crippen LogP contribution >= 0.6 is 0 Å². The van der Waals surface area contributed by atoms with E-state index in [1.54, 1.807) is 31.4 Å². The summed E-state index contributed by atoms with van der Waals surface area (Å²) in [5.74, 6) is 0.342. The minimum atomic E-state index is -0.209. The van der Waals surface area contributed by atoms with E-state index in [0.717, 1.165) is 6.29 Å². The summed E-state index contributed by atoms with van der Waals surface area (Å²) in [7, 11) is 1.58. The predicted molar refractivity (Wildman–Crippen MR) is 66.8 cm³/mol. The van der Waals surface area contributed by atoms with Crippen molar-refractivity contribution in [2.24, 2.45) is 0 Å². The van der Waals surface area contributed by atoms with E-state index in [-0.39, 0.29) is 18.6 Å². The summed E-state index contributed by atoms with van der Waals surface area (Å²) in [5.41, 5.74) is 0.570. The monoisotopic (exact) mass is 251 g/mol. The van der Waals surface area contributed by atoms with Crippen LogP contribution in [-0.2, 0) is 9.53 Å². The second-order valence-corrected chi connectivity index (χ2v) is 3.90. The topological polar surface area (TPSA) is 64.6 Å². The van der Waals surface area contributed by atoms with Crippen LogP contribution < -0.4 is 10.1 Å². The molecule has 1 N–H and O–H groups in total. The van der Waals surface area contributed by atoms with Gasteiger partial charge in [0.15, 0.2) is 6.61 Å². The number of ether oxygens (including phenoxy) is 2. The van der Waals surface area contributed by atoms with Gasteiger partial charge < -0.3 is 14.8 Å². The molecule has 0 saturated carbocycles. The summed E-state index contributed by atoms with van der Waals surface area (Å²) < 4.78 is 10.2. The standard InChI is InChI=1S/C13H17NO4/c1-10(8-17-2)14-13(16)9-18-12-5-3-11(7-15)4-6-12/h3-7,10H,8-9H2,1-2H3,(H,14,16). The van der Waals surface area contributed by atoms with Crippen LogP contribution in [0.2, 0.25) is 0 Å². The number of benzene rings is 1. The molecule has 1 unspecified atom stereocenters. The molecular weight excluding hydrogens is 234 g/mol. The van der Waals surface area contributed by atoms with Gasteiger partial charge in [-0.15, -0.1) is 0 Å². The second-order valence-electron chi connectivity index (χ2n) is 3.90. The fourth-order valence-corrected chi connectivity index (χ4v) is 1.40. The molecule has 0 aromatic heterocycles. The van der Waals surface area contributed by atoms with Gasteiger partial charge in [-0.1, -0.05) is 0 Å². The van der Waals surface area contributed by atoms with E-state index in [0.29, 0.717) is 17.9 Å². The normalized spacial score (nSPS) is 11.7. The summed E-state index contributed by atoms with van der Waals surface area (Å²) in [5, 5.41) is 2.73. The molecule has 0 aliphatic carbocycles. The SMILES string of the molecule is COCC(C)NC(=O)COc1ccc(C=O)cc1. The first-order valence-electron chi connectivity index (χ1n) is 5.62. The van der Waals surface area contributed by atoms with Crippen molar-refractivity contribution in [3.05, 3.63) is 29.8 Å². The highest BCUT2D eigenvalue weighted by Crippen LogP contribution is 2.10. The Labute approximate surface area is 106 Å². The molecule has 1 rings (SSSR count). The van der Waals surface area contributed by atoms with Gasteiger partial charge in [-0.2, -0.15) is 0 Å². The molecule has 0 aliphatic rings.